The minimum atomic E-state index is -1.18. The average molecular weight is 270 g/mol. The van der Waals surface area contributed by atoms with Gasteiger partial charge in [-0.05, 0) is 24.6 Å². The molecule has 0 fully saturated rings. The van der Waals surface area contributed by atoms with E-state index >= 15 is 0 Å². The number of anilines is 1. The number of hydrogen-bond donors (Lipinski definition) is 2. The van der Waals surface area contributed by atoms with E-state index in [9.17, 15) is 9.59 Å². The van der Waals surface area contributed by atoms with Crippen molar-refractivity contribution in [2.45, 2.75) is 6.92 Å². The molecular weight excluding hydrogens is 258 g/mol. The summed E-state index contributed by atoms with van der Waals surface area (Å²) in [6.07, 6.45) is 0.662. The Morgan fingerprint density at radius 2 is 2.22 bits per heavy atom. The van der Waals surface area contributed by atoms with Crippen molar-refractivity contribution in [3.8, 4) is 0 Å². The summed E-state index contributed by atoms with van der Waals surface area (Å²) in [5.41, 5.74) is 0.618. The van der Waals surface area contributed by atoms with E-state index in [0.29, 0.717) is 5.56 Å². The van der Waals surface area contributed by atoms with Crippen molar-refractivity contribution in [2.24, 2.45) is 0 Å². The van der Waals surface area contributed by atoms with Crippen LogP contribution in [0.25, 0.3) is 0 Å². The number of benzene rings is 1. The Balaban J connectivity index is 3.03. The fourth-order valence-electron chi connectivity index (χ4n) is 1.35. The highest BCUT2D eigenvalue weighted by Crippen LogP contribution is 2.25. The normalized spacial score (nSPS) is 9.67. The van der Waals surface area contributed by atoms with Crippen LogP contribution in [0.1, 0.15) is 15.9 Å². The summed E-state index contributed by atoms with van der Waals surface area (Å²) in [6, 6.07) is 2.82. The molecule has 0 spiro atoms. The molecule has 0 unspecified atom stereocenters. The smallest absolute Gasteiger partial charge is 0.411 e. The summed E-state index contributed by atoms with van der Waals surface area (Å²) < 4.78 is 4.72. The van der Waals surface area contributed by atoms with Gasteiger partial charge in [-0.3, -0.25) is 5.32 Å². The SMILES string of the molecule is C=CCOC(=O)Nc1c(C)cc(Cl)cc1C(=O)O. The molecule has 1 amide bonds. The number of carboxylic acid groups (broad SMARTS) is 1. The largest absolute Gasteiger partial charge is 0.478 e. The Morgan fingerprint density at radius 1 is 1.56 bits per heavy atom. The van der Waals surface area contributed by atoms with Crippen molar-refractivity contribution in [1.82, 2.24) is 0 Å². The van der Waals surface area contributed by atoms with Crippen molar-refractivity contribution in [3.05, 3.63) is 40.9 Å². The number of carbonyl (C=O) groups is 2. The van der Waals surface area contributed by atoms with Crippen LogP contribution in [0.2, 0.25) is 5.02 Å². The molecule has 5 nitrogen and oxygen atoms in total. The second kappa shape index (κ2) is 6.07. The summed E-state index contributed by atoms with van der Waals surface area (Å²) in [5, 5.41) is 11.7. The third kappa shape index (κ3) is 3.49. The molecule has 0 atom stereocenters. The molecule has 96 valence electrons. The molecule has 0 heterocycles. The number of carbonyl (C=O) groups excluding carboxylic acids is 1. The van der Waals surface area contributed by atoms with Crippen LogP contribution in [0.5, 0.6) is 0 Å². The van der Waals surface area contributed by atoms with E-state index in [1.54, 1.807) is 13.0 Å². The van der Waals surface area contributed by atoms with E-state index in [4.69, 9.17) is 21.4 Å². The zero-order valence-corrected chi connectivity index (χ0v) is 10.5. The van der Waals surface area contributed by atoms with Crippen LogP contribution in [0, 0.1) is 6.92 Å². The van der Waals surface area contributed by atoms with Gasteiger partial charge in [-0.15, -0.1) is 0 Å². The van der Waals surface area contributed by atoms with Crippen LogP contribution >= 0.6 is 11.6 Å². The lowest BCUT2D eigenvalue weighted by atomic mass is 10.1. The number of amides is 1. The summed E-state index contributed by atoms with van der Waals surface area (Å²) in [6.45, 7) is 5.08. The molecular formula is C12H12ClNO4. The van der Waals surface area contributed by atoms with Crippen LogP contribution in [-0.4, -0.2) is 23.8 Å². The number of rotatable bonds is 4. The van der Waals surface area contributed by atoms with Gasteiger partial charge in [-0.2, -0.15) is 0 Å². The van der Waals surface area contributed by atoms with Gasteiger partial charge in [-0.1, -0.05) is 24.3 Å². The molecule has 0 bridgehead atoms. The quantitative estimate of drug-likeness (QED) is 0.824. The van der Waals surface area contributed by atoms with Gasteiger partial charge in [-0.25, -0.2) is 9.59 Å². The lowest BCUT2D eigenvalue weighted by Gasteiger charge is -2.11. The molecule has 0 saturated carbocycles. The summed E-state index contributed by atoms with van der Waals surface area (Å²) >= 11 is 5.77. The Hall–Kier alpha value is -2.01. The number of carboxylic acids is 1. The van der Waals surface area contributed by atoms with Crippen LogP contribution in [0.15, 0.2) is 24.8 Å². The first-order chi connectivity index (χ1) is 8.45. The van der Waals surface area contributed by atoms with E-state index in [1.165, 1.54) is 12.1 Å². The molecule has 18 heavy (non-hydrogen) atoms. The topological polar surface area (TPSA) is 75.6 Å². The predicted molar refractivity (Wildman–Crippen MR) is 68.3 cm³/mol. The first kappa shape index (κ1) is 14.1. The third-order valence-corrected chi connectivity index (χ3v) is 2.31. The predicted octanol–water partition coefficient (Wildman–Crippen LogP) is 3.08. The summed E-state index contributed by atoms with van der Waals surface area (Å²) in [7, 11) is 0. The van der Waals surface area contributed by atoms with E-state index in [2.05, 4.69) is 11.9 Å². The first-order valence-electron chi connectivity index (χ1n) is 5.03. The molecule has 2 N–H and O–H groups in total. The van der Waals surface area contributed by atoms with Crippen LogP contribution in [0.4, 0.5) is 10.5 Å². The molecule has 0 saturated heterocycles. The van der Waals surface area contributed by atoms with Crippen molar-refractivity contribution in [1.29, 1.82) is 0 Å². The number of halogens is 1. The second-order valence-corrected chi connectivity index (χ2v) is 3.90. The maximum Gasteiger partial charge on any atom is 0.411 e. The molecule has 0 aliphatic heterocycles. The molecule has 1 rings (SSSR count). The minimum Gasteiger partial charge on any atom is -0.478 e. The van der Waals surface area contributed by atoms with Crippen LogP contribution in [0.3, 0.4) is 0 Å². The van der Waals surface area contributed by atoms with Crippen molar-refractivity contribution < 1.29 is 19.4 Å². The second-order valence-electron chi connectivity index (χ2n) is 3.46. The van der Waals surface area contributed by atoms with Gasteiger partial charge in [0.05, 0.1) is 11.3 Å². The molecule has 1 aromatic rings. The maximum atomic E-state index is 11.4. The number of ether oxygens (including phenoxy) is 1. The Bertz CT molecular complexity index is 499. The van der Waals surface area contributed by atoms with Crippen molar-refractivity contribution >= 4 is 29.4 Å². The molecule has 0 radical (unpaired) electrons. The van der Waals surface area contributed by atoms with Crippen LogP contribution in [-0.2, 0) is 4.74 Å². The first-order valence-corrected chi connectivity index (χ1v) is 5.41. The van der Waals surface area contributed by atoms with Gasteiger partial charge in [0.2, 0.25) is 0 Å². The highest BCUT2D eigenvalue weighted by atomic mass is 35.5. The number of aryl methyl sites for hydroxylation is 1. The van der Waals surface area contributed by atoms with Gasteiger partial charge in [0, 0.05) is 5.02 Å². The average Bonchev–Trinajstić information content (AvgIpc) is 2.29. The summed E-state index contributed by atoms with van der Waals surface area (Å²) in [4.78, 5) is 22.4. The molecule has 1 aromatic carbocycles. The number of aromatic carboxylic acids is 1. The van der Waals surface area contributed by atoms with Gasteiger partial charge < -0.3 is 9.84 Å². The number of hydrogen-bond acceptors (Lipinski definition) is 3. The lowest BCUT2D eigenvalue weighted by Crippen LogP contribution is -2.17. The zero-order valence-electron chi connectivity index (χ0n) is 9.70. The molecule has 0 aromatic heterocycles. The zero-order chi connectivity index (χ0) is 13.7. The standard InChI is InChI=1S/C12H12ClNO4/c1-3-4-18-12(17)14-10-7(2)5-8(13)6-9(10)11(15)16/h3,5-6H,1,4H2,2H3,(H,14,17)(H,15,16). The van der Waals surface area contributed by atoms with E-state index < -0.39 is 12.1 Å². The Morgan fingerprint density at radius 3 is 2.78 bits per heavy atom. The fraction of sp³-hybridized carbons (Fsp3) is 0.167. The van der Waals surface area contributed by atoms with Crippen molar-refractivity contribution in [3.63, 3.8) is 0 Å². The molecule has 0 aliphatic carbocycles. The van der Waals surface area contributed by atoms with E-state index in [0.717, 1.165) is 0 Å². The third-order valence-electron chi connectivity index (χ3n) is 2.09. The highest BCUT2D eigenvalue weighted by Gasteiger charge is 2.16. The lowest BCUT2D eigenvalue weighted by molar-refractivity contribution is 0.0698. The molecule has 6 heteroatoms. The Kier molecular flexibility index (Phi) is 4.74. The van der Waals surface area contributed by atoms with E-state index in [1.807, 2.05) is 0 Å². The highest BCUT2D eigenvalue weighted by molar-refractivity contribution is 6.31. The minimum absolute atomic E-state index is 0.0425. The fourth-order valence-corrected chi connectivity index (χ4v) is 1.62. The van der Waals surface area contributed by atoms with Gasteiger partial charge in [0.1, 0.15) is 6.61 Å². The Labute approximate surface area is 109 Å². The van der Waals surface area contributed by atoms with Gasteiger partial charge >= 0.3 is 12.1 Å². The maximum absolute atomic E-state index is 11.4. The monoisotopic (exact) mass is 269 g/mol. The van der Waals surface area contributed by atoms with Gasteiger partial charge in [0.25, 0.3) is 0 Å². The van der Waals surface area contributed by atoms with Crippen LogP contribution < -0.4 is 5.32 Å². The molecule has 0 aliphatic rings. The summed E-state index contributed by atoms with van der Waals surface area (Å²) in [5.74, 6) is -1.18. The van der Waals surface area contributed by atoms with Crippen molar-refractivity contribution in [2.75, 3.05) is 11.9 Å². The number of nitrogens with one attached hydrogen (secondary N) is 1. The van der Waals surface area contributed by atoms with Gasteiger partial charge in [0.15, 0.2) is 0 Å². The van der Waals surface area contributed by atoms with E-state index in [-0.39, 0.29) is 22.9 Å².